The smallest absolute Gasteiger partial charge is 0.322 e. The number of likely N-dealkylation sites (tertiary alicyclic amines) is 1. The summed E-state index contributed by atoms with van der Waals surface area (Å²) in [6.07, 6.45) is 7.51. The second kappa shape index (κ2) is 18.3. The minimum Gasteiger partial charge on any atom is -0.351 e. The van der Waals surface area contributed by atoms with Crippen LogP contribution in [0.5, 0.6) is 0 Å². The summed E-state index contributed by atoms with van der Waals surface area (Å²) in [7, 11) is 2.24. The molecule has 58 heavy (non-hydrogen) atoms. The first-order valence-corrected chi connectivity index (χ1v) is 21.7. The average Bonchev–Trinajstić information content (AvgIpc) is 3.55. The number of fused-ring (bicyclic) bond motifs is 2. The third kappa shape index (κ3) is 9.16. The van der Waals surface area contributed by atoms with Crippen molar-refractivity contribution in [1.29, 1.82) is 0 Å². The molecule has 2 aromatic carbocycles. The summed E-state index contributed by atoms with van der Waals surface area (Å²) in [6, 6.07) is 17.9. The molecule has 0 aliphatic carbocycles. The van der Waals surface area contributed by atoms with Gasteiger partial charge in [0.15, 0.2) is 5.82 Å². The van der Waals surface area contributed by atoms with Crippen molar-refractivity contribution in [2.24, 2.45) is 13.0 Å². The number of hydrogen-bond donors (Lipinski definition) is 2. The molecule has 0 radical (unpaired) electrons. The van der Waals surface area contributed by atoms with Crippen molar-refractivity contribution in [2.75, 3.05) is 56.5 Å². The van der Waals surface area contributed by atoms with Gasteiger partial charge in [0.25, 0.3) is 5.56 Å². The van der Waals surface area contributed by atoms with E-state index >= 15 is 0 Å². The highest BCUT2D eigenvalue weighted by Crippen LogP contribution is 2.34. The number of amides is 2. The number of nitrogens with zero attached hydrogens (tertiary/aromatic N) is 8. The Morgan fingerprint density at radius 1 is 1.02 bits per heavy atom. The van der Waals surface area contributed by atoms with Gasteiger partial charge in [-0.2, -0.15) is 10.1 Å². The van der Waals surface area contributed by atoms with Crippen LogP contribution in [0.3, 0.4) is 0 Å². The maximum Gasteiger partial charge on any atom is 0.322 e. The fourth-order valence-corrected chi connectivity index (χ4v) is 9.86. The van der Waals surface area contributed by atoms with E-state index in [1.165, 1.54) is 16.0 Å². The van der Waals surface area contributed by atoms with Crippen LogP contribution in [0.15, 0.2) is 70.5 Å². The number of anilines is 2. The fourth-order valence-electron chi connectivity index (χ4n) is 8.57. The van der Waals surface area contributed by atoms with Crippen LogP contribution in [0, 0.1) is 5.92 Å². The van der Waals surface area contributed by atoms with Crippen LogP contribution in [0.4, 0.5) is 16.6 Å². The van der Waals surface area contributed by atoms with E-state index in [0.29, 0.717) is 42.3 Å². The Bertz CT molecular complexity index is 2330. The molecule has 0 bridgehead atoms. The quantitative estimate of drug-likeness (QED) is 0.136. The van der Waals surface area contributed by atoms with Gasteiger partial charge in [0.05, 0.1) is 10.4 Å². The zero-order valence-electron chi connectivity index (χ0n) is 34.3. The normalized spacial score (nSPS) is 17.1. The summed E-state index contributed by atoms with van der Waals surface area (Å²) in [5.74, 6) is 1.97. The van der Waals surface area contributed by atoms with Gasteiger partial charge in [0, 0.05) is 81.8 Å². The Labute approximate surface area is 342 Å². The van der Waals surface area contributed by atoms with Crippen LogP contribution >= 0.6 is 0 Å². The molecule has 2 atom stereocenters. The lowest BCUT2D eigenvalue weighted by atomic mass is 9.88. The van der Waals surface area contributed by atoms with Crippen LogP contribution in [-0.4, -0.2) is 102 Å². The van der Waals surface area contributed by atoms with Crippen molar-refractivity contribution >= 4 is 57.0 Å². The summed E-state index contributed by atoms with van der Waals surface area (Å²) in [6.45, 7) is 11.0. The molecule has 2 aliphatic rings. The molecule has 2 fully saturated rings. The second-order valence-electron chi connectivity index (χ2n) is 16.1. The fraction of sp³-hybridized carbons (Fsp3) is 0.488. The van der Waals surface area contributed by atoms with Crippen molar-refractivity contribution < 1.29 is 13.8 Å². The van der Waals surface area contributed by atoms with E-state index in [9.17, 15) is 18.6 Å². The van der Waals surface area contributed by atoms with Crippen LogP contribution < -0.4 is 21.1 Å². The molecular weight excluding hydrogens is 753 g/mol. The minimum absolute atomic E-state index is 0.0148. The third-order valence-corrected chi connectivity index (χ3v) is 13.1. The molecule has 3 aromatic heterocycles. The first kappa shape index (κ1) is 41.2. The van der Waals surface area contributed by atoms with E-state index < -0.39 is 11.0 Å². The number of piperidine rings is 2. The van der Waals surface area contributed by atoms with Crippen molar-refractivity contribution in [3.8, 4) is 0 Å². The highest BCUT2D eigenvalue weighted by Gasteiger charge is 2.27. The minimum atomic E-state index is -1.24. The largest absolute Gasteiger partial charge is 0.351 e. The van der Waals surface area contributed by atoms with Crippen LogP contribution in [0.1, 0.15) is 76.0 Å². The molecule has 15 heteroatoms. The first-order valence-electron chi connectivity index (χ1n) is 20.6. The molecule has 14 nitrogen and oxygen atoms in total. The summed E-state index contributed by atoms with van der Waals surface area (Å²) >= 11 is 0. The maximum atomic E-state index is 13.8. The molecule has 2 aliphatic heterocycles. The predicted molar refractivity (Wildman–Crippen MR) is 230 cm³/mol. The first-order chi connectivity index (χ1) is 28.0. The van der Waals surface area contributed by atoms with E-state index in [0.717, 1.165) is 79.2 Å². The lowest BCUT2D eigenvalue weighted by Gasteiger charge is -2.34. The second-order valence-corrected chi connectivity index (χ2v) is 17.6. The topological polar surface area (TPSA) is 151 Å². The van der Waals surface area contributed by atoms with Gasteiger partial charge in [0.2, 0.25) is 5.95 Å². The van der Waals surface area contributed by atoms with Crippen molar-refractivity contribution in [2.45, 2.75) is 82.2 Å². The van der Waals surface area contributed by atoms with E-state index in [1.807, 2.05) is 37.7 Å². The van der Waals surface area contributed by atoms with Crippen LogP contribution in [-0.2, 0) is 29.2 Å². The lowest BCUT2D eigenvalue weighted by Crippen LogP contribution is -2.40. The molecule has 308 valence electrons. The molecular formula is C43H56N10O4S. The molecule has 0 spiro atoms. The number of aldehydes is 1. The number of urea groups is 1. The van der Waals surface area contributed by atoms with Gasteiger partial charge in [-0.25, -0.2) is 18.3 Å². The van der Waals surface area contributed by atoms with Crippen LogP contribution in [0.2, 0.25) is 0 Å². The number of benzene rings is 2. The number of aryl methyl sites for hydroxylation is 1. The number of hydrogen-bond acceptors (Lipinski definition) is 9. The molecule has 7 rings (SSSR count). The summed E-state index contributed by atoms with van der Waals surface area (Å²) in [4.78, 5) is 50.4. The number of carbonyl (C=O) groups excluding carboxylic acids is 2. The third-order valence-electron chi connectivity index (χ3n) is 11.6. The Morgan fingerprint density at radius 3 is 2.52 bits per heavy atom. The highest BCUT2D eigenvalue weighted by molar-refractivity contribution is 7.82. The molecule has 0 saturated carbocycles. The van der Waals surface area contributed by atoms with Gasteiger partial charge in [0.1, 0.15) is 22.9 Å². The number of aromatic nitrogens is 5. The van der Waals surface area contributed by atoms with Gasteiger partial charge in [-0.15, -0.1) is 0 Å². The van der Waals surface area contributed by atoms with Gasteiger partial charge < -0.3 is 20.3 Å². The van der Waals surface area contributed by atoms with Gasteiger partial charge in [-0.05, 0) is 112 Å². The number of carbonyl (C=O) groups is 2. The SMILES string of the molecule is CNC(=O)N(CCC=O)c1nn(C)c2cc(C3CCN(CC(C)Cc4cccc(S(=O)N5CCC(Nc6ncc7ccc(=O)n(C(C)C)c7n6)CC5)c4)CC3)ccc12. The molecule has 2 amide bonds. The maximum absolute atomic E-state index is 13.8. The number of nitrogens with one attached hydrogen (secondary N) is 2. The van der Waals surface area contributed by atoms with E-state index in [1.54, 1.807) is 29.9 Å². The number of rotatable bonds is 14. The monoisotopic (exact) mass is 808 g/mol. The van der Waals surface area contributed by atoms with Gasteiger partial charge in [-0.3, -0.25) is 18.9 Å². The highest BCUT2D eigenvalue weighted by atomic mass is 32.2. The van der Waals surface area contributed by atoms with E-state index in [4.69, 9.17) is 4.98 Å². The Kier molecular flexibility index (Phi) is 13.0. The van der Waals surface area contributed by atoms with Crippen molar-refractivity contribution in [1.82, 2.24) is 38.8 Å². The van der Waals surface area contributed by atoms with Crippen molar-refractivity contribution in [3.05, 3.63) is 82.3 Å². The lowest BCUT2D eigenvalue weighted by molar-refractivity contribution is -0.107. The standard InChI is InChI=1S/C43H56N10O4S/c1-29(2)53-39(55)13-11-34-27-45-42(47-40(34)53)46-35-16-21-51(22-17-35)58(57)36-9-6-8-31(25-36)24-30(3)28-50-19-14-32(15-20-50)33-10-12-37-38(26-33)49(5)48-41(37)52(18-7-23-54)43(56)44-4/h6,8-13,23,25-27,29-30,32,35H,7,14-22,24,28H2,1-5H3,(H,44,56)(H,45,46,47). The molecule has 2 unspecified atom stereocenters. The Hall–Kier alpha value is -4.99. The Morgan fingerprint density at radius 2 is 1.79 bits per heavy atom. The summed E-state index contributed by atoms with van der Waals surface area (Å²) in [5.41, 5.74) is 4.03. The zero-order valence-corrected chi connectivity index (χ0v) is 35.1. The molecule has 2 saturated heterocycles. The molecule has 5 aromatic rings. The van der Waals surface area contributed by atoms with E-state index in [-0.39, 0.29) is 36.6 Å². The predicted octanol–water partition coefficient (Wildman–Crippen LogP) is 5.65. The summed E-state index contributed by atoms with van der Waals surface area (Å²) in [5, 5.41) is 12.5. The molecule has 5 heterocycles. The van der Waals surface area contributed by atoms with Crippen LogP contribution in [0.25, 0.3) is 21.9 Å². The molecule has 2 N–H and O–H groups in total. The van der Waals surface area contributed by atoms with E-state index in [2.05, 4.69) is 67.2 Å². The Balaban J connectivity index is 0.892. The van der Waals surface area contributed by atoms with Crippen molar-refractivity contribution in [3.63, 3.8) is 0 Å². The average molecular weight is 809 g/mol. The van der Waals surface area contributed by atoms with Gasteiger partial charge in [-0.1, -0.05) is 25.1 Å². The number of pyridine rings is 1. The zero-order chi connectivity index (χ0) is 40.9. The van der Waals surface area contributed by atoms with Gasteiger partial charge >= 0.3 is 6.03 Å². The summed E-state index contributed by atoms with van der Waals surface area (Å²) < 4.78 is 19.3.